The molecule has 96 valence electrons. The third-order valence-electron chi connectivity index (χ3n) is 3.31. The predicted molar refractivity (Wildman–Crippen MR) is 68.8 cm³/mol. The van der Waals surface area contributed by atoms with Crippen molar-refractivity contribution in [2.24, 2.45) is 0 Å². The van der Waals surface area contributed by atoms with E-state index < -0.39 is 10.0 Å². The summed E-state index contributed by atoms with van der Waals surface area (Å²) in [6.45, 7) is 1.19. The molecule has 1 aromatic heterocycles. The molecule has 1 aliphatic heterocycles. The summed E-state index contributed by atoms with van der Waals surface area (Å²) in [5.41, 5.74) is 0.619. The van der Waals surface area contributed by atoms with Crippen molar-refractivity contribution >= 4 is 21.0 Å². The predicted octanol–water partition coefficient (Wildman–Crippen LogP) is 2.61. The van der Waals surface area contributed by atoms with E-state index in [0.29, 0.717) is 18.7 Å². The summed E-state index contributed by atoms with van der Waals surface area (Å²) in [6, 6.07) is 8.95. The molecular formula is C13H15NO3S. The highest BCUT2D eigenvalue weighted by Crippen LogP contribution is 2.26. The van der Waals surface area contributed by atoms with Crippen LogP contribution in [0.1, 0.15) is 19.3 Å². The van der Waals surface area contributed by atoms with Gasteiger partial charge in [-0.2, -0.15) is 4.31 Å². The first-order valence-corrected chi connectivity index (χ1v) is 7.61. The molecule has 2 heterocycles. The Hall–Kier alpha value is -1.33. The average Bonchev–Trinajstić information content (AvgIpc) is 2.84. The van der Waals surface area contributed by atoms with Crippen LogP contribution < -0.4 is 0 Å². The van der Waals surface area contributed by atoms with Gasteiger partial charge in [0.1, 0.15) is 5.58 Å². The molecule has 0 spiro atoms. The van der Waals surface area contributed by atoms with Gasteiger partial charge in [0.15, 0.2) is 0 Å². The number of rotatable bonds is 2. The molecule has 1 saturated heterocycles. The van der Waals surface area contributed by atoms with Crippen molar-refractivity contribution in [2.75, 3.05) is 13.1 Å². The van der Waals surface area contributed by atoms with Gasteiger partial charge in [0.05, 0.1) is 0 Å². The summed E-state index contributed by atoms with van der Waals surface area (Å²) in [5, 5.41) is 0.888. The fourth-order valence-corrected chi connectivity index (χ4v) is 3.78. The van der Waals surface area contributed by atoms with Gasteiger partial charge in [-0.05, 0) is 18.9 Å². The molecule has 18 heavy (non-hydrogen) atoms. The van der Waals surface area contributed by atoms with E-state index in [0.717, 1.165) is 24.6 Å². The highest BCUT2D eigenvalue weighted by Gasteiger charge is 2.28. The van der Waals surface area contributed by atoms with Crippen LogP contribution in [0.4, 0.5) is 0 Å². The van der Waals surface area contributed by atoms with Gasteiger partial charge in [-0.3, -0.25) is 0 Å². The molecule has 1 aliphatic rings. The van der Waals surface area contributed by atoms with E-state index in [1.54, 1.807) is 12.1 Å². The number of piperidine rings is 1. The van der Waals surface area contributed by atoms with E-state index >= 15 is 0 Å². The monoisotopic (exact) mass is 265 g/mol. The number of hydrogen-bond donors (Lipinski definition) is 0. The van der Waals surface area contributed by atoms with Crippen LogP contribution in [0.25, 0.3) is 11.0 Å². The molecule has 2 aromatic rings. The SMILES string of the molecule is O=S(=O)(c1cc2ccccc2o1)N1CCCCC1. The molecular weight excluding hydrogens is 250 g/mol. The second-order valence-electron chi connectivity index (χ2n) is 4.57. The van der Waals surface area contributed by atoms with Crippen molar-refractivity contribution in [3.63, 3.8) is 0 Å². The van der Waals surface area contributed by atoms with Crippen LogP contribution >= 0.6 is 0 Å². The Kier molecular flexibility index (Phi) is 2.87. The molecule has 0 N–H and O–H groups in total. The lowest BCUT2D eigenvalue weighted by Crippen LogP contribution is -2.35. The third-order valence-corrected chi connectivity index (χ3v) is 5.07. The molecule has 0 aliphatic carbocycles. The summed E-state index contributed by atoms with van der Waals surface area (Å²) < 4.78 is 31.8. The van der Waals surface area contributed by atoms with Crippen molar-refractivity contribution in [1.29, 1.82) is 0 Å². The zero-order chi connectivity index (χ0) is 12.6. The Morgan fingerprint density at radius 3 is 2.50 bits per heavy atom. The van der Waals surface area contributed by atoms with Crippen LogP contribution in [-0.4, -0.2) is 25.8 Å². The van der Waals surface area contributed by atoms with E-state index in [1.165, 1.54) is 4.31 Å². The van der Waals surface area contributed by atoms with Gasteiger partial charge in [-0.25, -0.2) is 8.42 Å². The Morgan fingerprint density at radius 2 is 1.78 bits per heavy atom. The van der Waals surface area contributed by atoms with E-state index in [2.05, 4.69) is 0 Å². The Balaban J connectivity index is 2.01. The van der Waals surface area contributed by atoms with Gasteiger partial charge in [0, 0.05) is 24.5 Å². The smallest absolute Gasteiger partial charge is 0.276 e. The molecule has 4 nitrogen and oxygen atoms in total. The number of fused-ring (bicyclic) bond motifs is 1. The summed E-state index contributed by atoms with van der Waals surface area (Å²) in [5.74, 6) is 0. The fourth-order valence-electron chi connectivity index (χ4n) is 2.32. The molecule has 0 radical (unpaired) electrons. The lowest BCUT2D eigenvalue weighted by Gasteiger charge is -2.24. The highest BCUT2D eigenvalue weighted by molar-refractivity contribution is 7.89. The van der Waals surface area contributed by atoms with Crippen molar-refractivity contribution < 1.29 is 12.8 Å². The number of para-hydroxylation sites is 1. The lowest BCUT2D eigenvalue weighted by atomic mass is 10.2. The van der Waals surface area contributed by atoms with Gasteiger partial charge in [-0.15, -0.1) is 0 Å². The molecule has 0 unspecified atom stereocenters. The van der Waals surface area contributed by atoms with Crippen LogP contribution in [0.3, 0.4) is 0 Å². The third kappa shape index (κ3) is 1.93. The van der Waals surface area contributed by atoms with Crippen LogP contribution in [0.15, 0.2) is 39.8 Å². The summed E-state index contributed by atoms with van der Waals surface area (Å²) in [7, 11) is -3.46. The highest BCUT2D eigenvalue weighted by atomic mass is 32.2. The second-order valence-corrected chi connectivity index (χ2v) is 6.44. The Bertz CT molecular complexity index is 621. The maximum Gasteiger partial charge on any atom is 0.276 e. The van der Waals surface area contributed by atoms with Crippen LogP contribution in [0.5, 0.6) is 0 Å². The number of benzene rings is 1. The quantitative estimate of drug-likeness (QED) is 0.838. The molecule has 1 aromatic carbocycles. The molecule has 3 rings (SSSR count). The number of nitrogens with zero attached hydrogens (tertiary/aromatic N) is 1. The summed E-state index contributed by atoms with van der Waals surface area (Å²) >= 11 is 0. The zero-order valence-corrected chi connectivity index (χ0v) is 10.8. The maximum absolute atomic E-state index is 12.4. The normalized spacial score (nSPS) is 18.2. The van der Waals surface area contributed by atoms with Crippen molar-refractivity contribution in [3.8, 4) is 0 Å². The van der Waals surface area contributed by atoms with Crippen LogP contribution in [-0.2, 0) is 10.0 Å². The second kappa shape index (κ2) is 4.40. The van der Waals surface area contributed by atoms with Gasteiger partial charge in [0.2, 0.25) is 5.09 Å². The number of furan rings is 1. The molecule has 0 saturated carbocycles. The van der Waals surface area contributed by atoms with E-state index in [-0.39, 0.29) is 5.09 Å². The minimum Gasteiger partial charge on any atom is -0.443 e. The summed E-state index contributed by atoms with van der Waals surface area (Å²) in [4.78, 5) is 0. The molecule has 1 fully saturated rings. The number of sulfonamides is 1. The topological polar surface area (TPSA) is 50.5 Å². The molecule has 0 atom stereocenters. The van der Waals surface area contributed by atoms with Gasteiger partial charge in [0.25, 0.3) is 10.0 Å². The van der Waals surface area contributed by atoms with E-state index in [1.807, 2.05) is 18.2 Å². The van der Waals surface area contributed by atoms with Gasteiger partial charge < -0.3 is 4.42 Å². The van der Waals surface area contributed by atoms with Crippen LogP contribution in [0.2, 0.25) is 0 Å². The van der Waals surface area contributed by atoms with Gasteiger partial charge >= 0.3 is 0 Å². The Morgan fingerprint density at radius 1 is 1.06 bits per heavy atom. The van der Waals surface area contributed by atoms with E-state index in [9.17, 15) is 8.42 Å². The first kappa shape index (κ1) is 11.7. The van der Waals surface area contributed by atoms with Crippen molar-refractivity contribution in [3.05, 3.63) is 30.3 Å². The largest absolute Gasteiger partial charge is 0.443 e. The van der Waals surface area contributed by atoms with Crippen LogP contribution in [0, 0.1) is 0 Å². The minimum absolute atomic E-state index is 0.0607. The molecule has 0 bridgehead atoms. The lowest BCUT2D eigenvalue weighted by molar-refractivity contribution is 0.335. The van der Waals surface area contributed by atoms with Crippen molar-refractivity contribution in [2.45, 2.75) is 24.4 Å². The molecule has 5 heteroatoms. The summed E-state index contributed by atoms with van der Waals surface area (Å²) in [6.07, 6.45) is 2.96. The average molecular weight is 265 g/mol. The van der Waals surface area contributed by atoms with Crippen molar-refractivity contribution in [1.82, 2.24) is 4.31 Å². The first-order chi connectivity index (χ1) is 8.68. The van der Waals surface area contributed by atoms with E-state index in [4.69, 9.17) is 4.42 Å². The maximum atomic E-state index is 12.4. The Labute approximate surface area is 106 Å². The van der Waals surface area contributed by atoms with Gasteiger partial charge in [-0.1, -0.05) is 24.6 Å². The standard InChI is InChI=1S/C13H15NO3S/c15-18(16,14-8-4-1-5-9-14)13-10-11-6-2-3-7-12(11)17-13/h2-3,6-7,10H,1,4-5,8-9H2. The first-order valence-electron chi connectivity index (χ1n) is 6.17. The minimum atomic E-state index is -3.46. The zero-order valence-electron chi connectivity index (χ0n) is 10.0. The number of hydrogen-bond acceptors (Lipinski definition) is 3. The molecule has 0 amide bonds. The fraction of sp³-hybridized carbons (Fsp3) is 0.385.